The average Bonchev–Trinajstić information content (AvgIpc) is 3.32. The summed E-state index contributed by atoms with van der Waals surface area (Å²) in [5.41, 5.74) is 1.03. The van der Waals surface area contributed by atoms with E-state index in [0.29, 0.717) is 13.2 Å². The zero-order valence-corrected chi connectivity index (χ0v) is 14.8. The van der Waals surface area contributed by atoms with E-state index in [1.54, 1.807) is 12.5 Å². The molecule has 7 nitrogen and oxygen atoms in total. The number of nitrogens with one attached hydrogen (secondary N) is 1. The summed E-state index contributed by atoms with van der Waals surface area (Å²) in [5, 5.41) is 14.4. The zero-order valence-electron chi connectivity index (χ0n) is 14.8. The van der Waals surface area contributed by atoms with E-state index in [0.717, 1.165) is 24.4 Å². The van der Waals surface area contributed by atoms with Crippen LogP contribution in [0.1, 0.15) is 11.5 Å². The number of hydrogen-bond donors (Lipinski definition) is 2. The van der Waals surface area contributed by atoms with E-state index in [9.17, 15) is 5.11 Å². The molecule has 0 saturated carbocycles. The van der Waals surface area contributed by atoms with Crippen LogP contribution >= 0.6 is 0 Å². The number of hydrogen-bond acceptors (Lipinski definition) is 7. The van der Waals surface area contributed by atoms with Crippen molar-refractivity contribution in [3.05, 3.63) is 54.2 Å². The second-order valence-electron chi connectivity index (χ2n) is 6.90. The number of fused-ring (bicyclic) bond motifs is 2. The van der Waals surface area contributed by atoms with Crippen LogP contribution in [0.5, 0.6) is 0 Å². The Morgan fingerprint density at radius 3 is 3.00 bits per heavy atom. The summed E-state index contributed by atoms with van der Waals surface area (Å²) in [6, 6.07) is 9.24. The number of ether oxygens (including phenoxy) is 2. The normalized spacial score (nSPS) is 30.8. The molecular formula is C19H25N3O4. The summed E-state index contributed by atoms with van der Waals surface area (Å²) in [6.45, 7) is 1.79. The lowest BCUT2D eigenvalue weighted by Gasteiger charge is -2.42. The smallest absolute Gasteiger partial charge is 0.176 e. The standard InChI is InChI=1S/C19H25N3O4/c1-22(9-7-13-5-2-3-8-20-13)17-18(23)16(15-12-25-19(17)26-15)21-11-14-6-4-10-24-14/h2-6,8,10,15-19,21,23H,7,9,11-12H2,1H3/t15-,16+,17-,18-,19+/m0/s1. The number of likely N-dealkylation sites (N-methyl/N-ethyl adjacent to an activating group) is 1. The highest BCUT2D eigenvalue weighted by Crippen LogP contribution is 2.31. The minimum absolute atomic E-state index is 0.148. The van der Waals surface area contributed by atoms with E-state index in [-0.39, 0.29) is 18.2 Å². The van der Waals surface area contributed by atoms with Crippen LogP contribution in [0.4, 0.5) is 0 Å². The number of aliphatic hydroxyl groups is 1. The highest BCUT2D eigenvalue weighted by atomic mass is 16.7. The van der Waals surface area contributed by atoms with Crippen molar-refractivity contribution in [1.82, 2.24) is 15.2 Å². The lowest BCUT2D eigenvalue weighted by Crippen LogP contribution is -2.63. The number of nitrogens with zero attached hydrogens (tertiary/aromatic N) is 2. The van der Waals surface area contributed by atoms with Crippen LogP contribution < -0.4 is 5.32 Å². The largest absolute Gasteiger partial charge is 0.468 e. The van der Waals surface area contributed by atoms with Crippen LogP contribution in [0.15, 0.2) is 47.2 Å². The van der Waals surface area contributed by atoms with Gasteiger partial charge in [-0.05, 0) is 31.3 Å². The van der Waals surface area contributed by atoms with E-state index in [1.807, 2.05) is 37.4 Å². The second kappa shape index (κ2) is 7.85. The maximum absolute atomic E-state index is 11.0. The van der Waals surface area contributed by atoms with Gasteiger partial charge in [0, 0.05) is 24.9 Å². The van der Waals surface area contributed by atoms with Crippen LogP contribution in [-0.4, -0.2) is 65.8 Å². The first-order valence-corrected chi connectivity index (χ1v) is 9.03. The fourth-order valence-corrected chi connectivity index (χ4v) is 3.74. The number of furan rings is 1. The zero-order chi connectivity index (χ0) is 17.9. The van der Waals surface area contributed by atoms with Gasteiger partial charge in [-0.1, -0.05) is 6.07 Å². The Bertz CT molecular complexity index is 681. The molecule has 2 N–H and O–H groups in total. The lowest BCUT2D eigenvalue weighted by atomic mass is 9.95. The molecule has 26 heavy (non-hydrogen) atoms. The van der Waals surface area contributed by atoms with Crippen molar-refractivity contribution in [3.8, 4) is 0 Å². The molecule has 4 rings (SSSR count). The van der Waals surface area contributed by atoms with E-state index in [2.05, 4.69) is 15.2 Å². The Morgan fingerprint density at radius 1 is 1.31 bits per heavy atom. The molecular weight excluding hydrogens is 334 g/mol. The van der Waals surface area contributed by atoms with Crippen LogP contribution in [-0.2, 0) is 22.4 Å². The molecule has 140 valence electrons. The Balaban J connectivity index is 1.39. The third-order valence-corrected chi connectivity index (χ3v) is 5.18. The Kier molecular flexibility index (Phi) is 5.33. The van der Waals surface area contributed by atoms with Gasteiger partial charge in [-0.15, -0.1) is 0 Å². The number of pyridine rings is 1. The Hall–Kier alpha value is -1.77. The van der Waals surface area contributed by atoms with Gasteiger partial charge in [0.25, 0.3) is 0 Å². The maximum atomic E-state index is 11.0. The fourth-order valence-electron chi connectivity index (χ4n) is 3.74. The van der Waals surface area contributed by atoms with Gasteiger partial charge in [0.05, 0.1) is 37.6 Å². The van der Waals surface area contributed by atoms with Crippen molar-refractivity contribution in [3.63, 3.8) is 0 Å². The van der Waals surface area contributed by atoms with Crippen LogP contribution in [0, 0.1) is 0 Å². The third kappa shape index (κ3) is 3.67. The van der Waals surface area contributed by atoms with Crippen molar-refractivity contribution in [2.45, 2.75) is 43.5 Å². The van der Waals surface area contributed by atoms with Gasteiger partial charge in [-0.2, -0.15) is 0 Å². The molecule has 0 aliphatic carbocycles. The van der Waals surface area contributed by atoms with Crippen molar-refractivity contribution < 1.29 is 19.0 Å². The summed E-state index contributed by atoms with van der Waals surface area (Å²) < 4.78 is 17.2. The van der Waals surface area contributed by atoms with Gasteiger partial charge >= 0.3 is 0 Å². The fraction of sp³-hybridized carbons (Fsp3) is 0.526. The van der Waals surface area contributed by atoms with Gasteiger partial charge in [-0.3, -0.25) is 9.88 Å². The van der Waals surface area contributed by atoms with Crippen molar-refractivity contribution >= 4 is 0 Å². The first-order valence-electron chi connectivity index (χ1n) is 9.03. The van der Waals surface area contributed by atoms with Gasteiger partial charge in [-0.25, -0.2) is 0 Å². The second-order valence-corrected chi connectivity index (χ2v) is 6.90. The number of aromatic nitrogens is 1. The molecule has 7 heteroatoms. The molecule has 2 aromatic rings. The summed E-state index contributed by atoms with van der Waals surface area (Å²) in [7, 11) is 1.99. The minimum atomic E-state index is -0.593. The van der Waals surface area contributed by atoms with Crippen LogP contribution in [0.3, 0.4) is 0 Å². The Labute approximate surface area is 152 Å². The van der Waals surface area contributed by atoms with Crippen LogP contribution in [0.2, 0.25) is 0 Å². The highest BCUT2D eigenvalue weighted by Gasteiger charge is 2.51. The summed E-state index contributed by atoms with van der Waals surface area (Å²) >= 11 is 0. The molecule has 0 aromatic carbocycles. The van der Waals surface area contributed by atoms with E-state index in [4.69, 9.17) is 13.9 Å². The quantitative estimate of drug-likeness (QED) is 0.757. The predicted molar refractivity (Wildman–Crippen MR) is 94.3 cm³/mol. The summed E-state index contributed by atoms with van der Waals surface area (Å²) in [6.07, 6.45) is 3.11. The van der Waals surface area contributed by atoms with Gasteiger partial charge in [0.1, 0.15) is 11.9 Å². The molecule has 0 unspecified atom stereocenters. The predicted octanol–water partition coefficient (Wildman–Crippen LogP) is 0.792. The monoisotopic (exact) mass is 359 g/mol. The molecule has 0 spiro atoms. The molecule has 2 aliphatic heterocycles. The summed E-state index contributed by atoms with van der Waals surface area (Å²) in [4.78, 5) is 6.46. The van der Waals surface area contributed by atoms with Crippen molar-refractivity contribution in [2.24, 2.45) is 0 Å². The first-order chi connectivity index (χ1) is 12.7. The number of rotatable bonds is 7. The average molecular weight is 359 g/mol. The maximum Gasteiger partial charge on any atom is 0.176 e. The van der Waals surface area contributed by atoms with E-state index in [1.165, 1.54) is 0 Å². The third-order valence-electron chi connectivity index (χ3n) is 5.18. The van der Waals surface area contributed by atoms with Gasteiger partial charge in [0.15, 0.2) is 6.29 Å². The summed E-state index contributed by atoms with van der Waals surface area (Å²) in [5.74, 6) is 0.832. The molecule has 2 saturated heterocycles. The molecule has 2 fully saturated rings. The Morgan fingerprint density at radius 2 is 2.23 bits per heavy atom. The molecule has 2 aromatic heterocycles. The molecule has 0 amide bonds. The molecule has 5 atom stereocenters. The lowest BCUT2D eigenvalue weighted by molar-refractivity contribution is -0.178. The minimum Gasteiger partial charge on any atom is -0.468 e. The SMILES string of the molecule is CN(CCc1ccccn1)[C@@H]1[C@@H]2OC[C@H](O2)[C@@H](NCc2ccco2)[C@@H]1O. The molecule has 2 aliphatic rings. The van der Waals surface area contributed by atoms with Crippen molar-refractivity contribution in [2.75, 3.05) is 20.2 Å². The van der Waals surface area contributed by atoms with Gasteiger partial charge < -0.3 is 24.3 Å². The van der Waals surface area contributed by atoms with Gasteiger partial charge in [0.2, 0.25) is 0 Å². The first kappa shape index (κ1) is 17.6. The topological polar surface area (TPSA) is 80.0 Å². The molecule has 2 bridgehead atoms. The highest BCUT2D eigenvalue weighted by molar-refractivity contribution is 5.06. The van der Waals surface area contributed by atoms with Crippen LogP contribution in [0.25, 0.3) is 0 Å². The number of aliphatic hydroxyl groups excluding tert-OH is 1. The molecule has 0 radical (unpaired) electrons. The van der Waals surface area contributed by atoms with E-state index >= 15 is 0 Å². The van der Waals surface area contributed by atoms with E-state index < -0.39 is 12.4 Å². The molecule has 4 heterocycles. The van der Waals surface area contributed by atoms with Crippen molar-refractivity contribution in [1.29, 1.82) is 0 Å².